The monoisotopic (exact) mass is 229 g/mol. The van der Waals surface area contributed by atoms with Gasteiger partial charge in [0.25, 0.3) is 0 Å². The van der Waals surface area contributed by atoms with Crippen molar-refractivity contribution >= 4 is 6.09 Å². The Balaban J connectivity index is 4.11. The summed E-state index contributed by atoms with van der Waals surface area (Å²) in [4.78, 5) is 11.6. The standard InChI is InChI=1S/C13H27NO2/c1-7-9-11(8-2)10(3)14-12(15)16-13(4,5)6/h10-11H,7-9H2,1-6H3,(H,14,15)/t10?,11-/m1/s1. The van der Waals surface area contributed by atoms with Crippen LogP contribution in [0.1, 0.15) is 60.8 Å². The van der Waals surface area contributed by atoms with Crippen LogP contribution in [0.3, 0.4) is 0 Å². The number of hydrogen-bond donors (Lipinski definition) is 1. The highest BCUT2D eigenvalue weighted by Gasteiger charge is 2.21. The summed E-state index contributed by atoms with van der Waals surface area (Å²) in [5, 5.41) is 2.91. The third-order valence-corrected chi connectivity index (χ3v) is 2.64. The molecule has 3 heteroatoms. The molecule has 1 amide bonds. The van der Waals surface area contributed by atoms with Crippen molar-refractivity contribution in [3.63, 3.8) is 0 Å². The van der Waals surface area contributed by atoms with E-state index in [2.05, 4.69) is 19.2 Å². The first-order valence-electron chi connectivity index (χ1n) is 6.29. The van der Waals surface area contributed by atoms with Gasteiger partial charge in [0.2, 0.25) is 0 Å². The Bertz CT molecular complexity index is 208. The van der Waals surface area contributed by atoms with Gasteiger partial charge in [-0.25, -0.2) is 4.79 Å². The lowest BCUT2D eigenvalue weighted by atomic mass is 9.93. The number of carbonyl (C=O) groups excluding carboxylic acids is 1. The molecule has 0 aromatic carbocycles. The van der Waals surface area contributed by atoms with E-state index in [4.69, 9.17) is 4.74 Å². The molecule has 0 bridgehead atoms. The van der Waals surface area contributed by atoms with Gasteiger partial charge in [0.05, 0.1) is 0 Å². The Morgan fingerprint density at radius 1 is 1.31 bits per heavy atom. The summed E-state index contributed by atoms with van der Waals surface area (Å²) in [6.07, 6.45) is 3.08. The largest absolute Gasteiger partial charge is 0.444 e. The van der Waals surface area contributed by atoms with E-state index < -0.39 is 5.60 Å². The molecule has 2 atom stereocenters. The van der Waals surface area contributed by atoms with Crippen LogP contribution in [0, 0.1) is 5.92 Å². The molecule has 0 radical (unpaired) electrons. The molecule has 0 spiro atoms. The fourth-order valence-electron chi connectivity index (χ4n) is 1.79. The van der Waals surface area contributed by atoms with Crippen molar-refractivity contribution in [2.45, 2.75) is 72.4 Å². The Morgan fingerprint density at radius 3 is 2.25 bits per heavy atom. The SMILES string of the molecule is CCC[C@@H](CC)C(C)NC(=O)OC(C)(C)C. The lowest BCUT2D eigenvalue weighted by Gasteiger charge is -2.26. The molecule has 96 valence electrons. The molecular formula is C13H27NO2. The van der Waals surface area contributed by atoms with Gasteiger partial charge >= 0.3 is 6.09 Å². The van der Waals surface area contributed by atoms with Crippen LogP contribution in [0.4, 0.5) is 4.79 Å². The Hall–Kier alpha value is -0.730. The smallest absolute Gasteiger partial charge is 0.407 e. The molecule has 0 fully saturated rings. The Morgan fingerprint density at radius 2 is 1.88 bits per heavy atom. The van der Waals surface area contributed by atoms with Crippen LogP contribution in [0.2, 0.25) is 0 Å². The molecule has 0 aliphatic rings. The van der Waals surface area contributed by atoms with Crippen LogP contribution < -0.4 is 5.32 Å². The molecule has 3 nitrogen and oxygen atoms in total. The predicted molar refractivity (Wildman–Crippen MR) is 67.5 cm³/mol. The summed E-state index contributed by atoms with van der Waals surface area (Å²) in [7, 11) is 0. The van der Waals surface area contributed by atoms with E-state index >= 15 is 0 Å². The minimum atomic E-state index is -0.420. The van der Waals surface area contributed by atoms with Crippen LogP contribution in [0.5, 0.6) is 0 Å². The number of carbonyl (C=O) groups is 1. The highest BCUT2D eigenvalue weighted by Crippen LogP contribution is 2.16. The van der Waals surface area contributed by atoms with Crippen LogP contribution in [0.15, 0.2) is 0 Å². The molecule has 0 saturated carbocycles. The molecule has 16 heavy (non-hydrogen) atoms. The zero-order valence-corrected chi connectivity index (χ0v) is 11.6. The Labute approximate surface area is 99.9 Å². The maximum atomic E-state index is 11.6. The van der Waals surface area contributed by atoms with Crippen molar-refractivity contribution < 1.29 is 9.53 Å². The van der Waals surface area contributed by atoms with Gasteiger partial charge in [-0.05, 0) is 40.0 Å². The summed E-state index contributed by atoms with van der Waals surface area (Å²) in [5.74, 6) is 0.539. The molecule has 0 saturated heterocycles. The third-order valence-electron chi connectivity index (χ3n) is 2.64. The predicted octanol–water partition coefficient (Wildman–Crippen LogP) is 3.73. The maximum absolute atomic E-state index is 11.6. The number of hydrogen-bond acceptors (Lipinski definition) is 2. The average molecular weight is 229 g/mol. The molecule has 1 N–H and O–H groups in total. The lowest BCUT2D eigenvalue weighted by molar-refractivity contribution is 0.0489. The number of amides is 1. The molecule has 1 unspecified atom stereocenters. The van der Waals surface area contributed by atoms with Crippen LogP contribution in [-0.4, -0.2) is 17.7 Å². The van der Waals surface area contributed by atoms with Gasteiger partial charge in [0.1, 0.15) is 5.60 Å². The quantitative estimate of drug-likeness (QED) is 0.780. The second-order valence-corrected chi connectivity index (χ2v) is 5.39. The van der Waals surface area contributed by atoms with Crippen molar-refractivity contribution in [3.05, 3.63) is 0 Å². The minimum absolute atomic E-state index is 0.180. The fourth-order valence-corrected chi connectivity index (χ4v) is 1.79. The van der Waals surface area contributed by atoms with E-state index in [1.807, 2.05) is 27.7 Å². The molecule has 0 aromatic rings. The van der Waals surface area contributed by atoms with Crippen LogP contribution in [-0.2, 0) is 4.74 Å². The van der Waals surface area contributed by atoms with Gasteiger partial charge in [-0.2, -0.15) is 0 Å². The number of alkyl carbamates (subject to hydrolysis) is 1. The van der Waals surface area contributed by atoms with Gasteiger partial charge in [-0.3, -0.25) is 0 Å². The number of nitrogens with one attached hydrogen (secondary N) is 1. The van der Waals surface area contributed by atoms with E-state index in [1.165, 1.54) is 0 Å². The summed E-state index contributed by atoms with van der Waals surface area (Å²) in [6, 6.07) is 0.180. The summed E-state index contributed by atoms with van der Waals surface area (Å²) < 4.78 is 5.23. The summed E-state index contributed by atoms with van der Waals surface area (Å²) in [5.41, 5.74) is -0.420. The van der Waals surface area contributed by atoms with E-state index in [9.17, 15) is 4.79 Å². The number of ether oxygens (including phenoxy) is 1. The zero-order valence-electron chi connectivity index (χ0n) is 11.6. The summed E-state index contributed by atoms with van der Waals surface area (Å²) >= 11 is 0. The highest BCUT2D eigenvalue weighted by molar-refractivity contribution is 5.68. The van der Waals surface area contributed by atoms with E-state index in [0.29, 0.717) is 5.92 Å². The van der Waals surface area contributed by atoms with E-state index in [0.717, 1.165) is 19.3 Å². The number of rotatable bonds is 5. The topological polar surface area (TPSA) is 38.3 Å². The first kappa shape index (κ1) is 15.3. The molecule has 0 aromatic heterocycles. The molecule has 0 aliphatic heterocycles. The zero-order chi connectivity index (χ0) is 12.8. The van der Waals surface area contributed by atoms with Gasteiger partial charge < -0.3 is 10.1 Å². The second kappa shape index (κ2) is 6.77. The minimum Gasteiger partial charge on any atom is -0.444 e. The second-order valence-electron chi connectivity index (χ2n) is 5.39. The first-order valence-corrected chi connectivity index (χ1v) is 6.29. The third kappa shape index (κ3) is 6.70. The maximum Gasteiger partial charge on any atom is 0.407 e. The van der Waals surface area contributed by atoms with Gasteiger partial charge in [-0.15, -0.1) is 0 Å². The average Bonchev–Trinajstić information content (AvgIpc) is 2.10. The van der Waals surface area contributed by atoms with Crippen LogP contribution >= 0.6 is 0 Å². The first-order chi connectivity index (χ1) is 7.30. The molecule has 0 aliphatic carbocycles. The lowest BCUT2D eigenvalue weighted by Crippen LogP contribution is -2.41. The van der Waals surface area contributed by atoms with Gasteiger partial charge in [0.15, 0.2) is 0 Å². The van der Waals surface area contributed by atoms with Crippen molar-refractivity contribution in [2.75, 3.05) is 0 Å². The molecule has 0 heterocycles. The highest BCUT2D eigenvalue weighted by atomic mass is 16.6. The normalized spacial score (nSPS) is 15.4. The Kier molecular flexibility index (Phi) is 6.46. The molecular weight excluding hydrogens is 202 g/mol. The van der Waals surface area contributed by atoms with Crippen molar-refractivity contribution in [3.8, 4) is 0 Å². The van der Waals surface area contributed by atoms with E-state index in [-0.39, 0.29) is 12.1 Å². The van der Waals surface area contributed by atoms with Gasteiger partial charge in [-0.1, -0.05) is 26.7 Å². The van der Waals surface area contributed by atoms with Crippen molar-refractivity contribution in [2.24, 2.45) is 5.92 Å². The van der Waals surface area contributed by atoms with Crippen LogP contribution in [0.25, 0.3) is 0 Å². The summed E-state index contributed by atoms with van der Waals surface area (Å²) in [6.45, 7) is 12.0. The van der Waals surface area contributed by atoms with Crippen molar-refractivity contribution in [1.82, 2.24) is 5.32 Å². The molecule has 0 rings (SSSR count). The van der Waals surface area contributed by atoms with Crippen molar-refractivity contribution in [1.29, 1.82) is 0 Å². The van der Waals surface area contributed by atoms with Gasteiger partial charge in [0, 0.05) is 6.04 Å². The van der Waals surface area contributed by atoms with E-state index in [1.54, 1.807) is 0 Å². The fraction of sp³-hybridized carbons (Fsp3) is 0.923.